The van der Waals surface area contributed by atoms with Crippen molar-refractivity contribution in [1.82, 2.24) is 15.1 Å². The lowest BCUT2D eigenvalue weighted by atomic mass is 10.1. The number of rotatable bonds is 3. The third kappa shape index (κ3) is 2.65. The molecule has 2 aromatic rings. The van der Waals surface area contributed by atoms with Gasteiger partial charge in [0, 0.05) is 48.8 Å². The largest absolute Gasteiger partial charge is 0.352 e. The number of fused-ring (bicyclic) bond motifs is 1. The van der Waals surface area contributed by atoms with E-state index in [4.69, 9.17) is 0 Å². The van der Waals surface area contributed by atoms with E-state index in [0.717, 1.165) is 49.6 Å². The first-order chi connectivity index (χ1) is 9.79. The predicted molar refractivity (Wildman–Crippen MR) is 86.7 cm³/mol. The van der Waals surface area contributed by atoms with Gasteiger partial charge in [-0.25, -0.2) is 0 Å². The number of hydrogen-bond donors (Lipinski definition) is 0. The Morgan fingerprint density at radius 1 is 1.05 bits per heavy atom. The zero-order valence-electron chi connectivity index (χ0n) is 11.7. The Bertz CT molecular complexity index is 593. The molecule has 1 aromatic heterocycles. The highest BCUT2D eigenvalue weighted by Crippen LogP contribution is 2.26. The molecule has 0 bridgehead atoms. The Balaban J connectivity index is 1.87. The van der Waals surface area contributed by atoms with Crippen LogP contribution in [0.4, 0.5) is 5.82 Å². The molecular formula is C15H19BrN4. The van der Waals surface area contributed by atoms with Gasteiger partial charge in [0.15, 0.2) is 5.82 Å². The van der Waals surface area contributed by atoms with E-state index >= 15 is 0 Å². The molecule has 0 saturated carbocycles. The van der Waals surface area contributed by atoms with Gasteiger partial charge in [-0.3, -0.25) is 4.90 Å². The first kappa shape index (κ1) is 13.8. The lowest BCUT2D eigenvalue weighted by Gasteiger charge is -2.35. The number of aryl methyl sites for hydroxylation is 1. The van der Waals surface area contributed by atoms with Crippen molar-refractivity contribution in [3.8, 4) is 0 Å². The monoisotopic (exact) mass is 334 g/mol. The maximum atomic E-state index is 4.45. The average Bonchev–Trinajstić information content (AvgIpc) is 2.49. The van der Waals surface area contributed by atoms with Crippen molar-refractivity contribution in [3.05, 3.63) is 30.0 Å². The standard InChI is InChI=1S/C15H19BrN4/c1-12-13-4-2-3-5-14(13)15(18-17-12)20-10-8-19(7-6-16)9-11-20/h2-5H,6-11H2,1H3. The Kier molecular flexibility index (Phi) is 4.17. The van der Waals surface area contributed by atoms with Crippen LogP contribution in [0.25, 0.3) is 10.8 Å². The summed E-state index contributed by atoms with van der Waals surface area (Å²) in [7, 11) is 0. The van der Waals surface area contributed by atoms with Crippen LogP contribution < -0.4 is 4.90 Å². The van der Waals surface area contributed by atoms with Gasteiger partial charge in [0.05, 0.1) is 5.69 Å². The smallest absolute Gasteiger partial charge is 0.159 e. The van der Waals surface area contributed by atoms with E-state index in [0.29, 0.717) is 0 Å². The molecule has 5 heteroatoms. The van der Waals surface area contributed by atoms with Crippen LogP contribution in [0.1, 0.15) is 5.69 Å². The van der Waals surface area contributed by atoms with Gasteiger partial charge in [-0.2, -0.15) is 5.10 Å². The van der Waals surface area contributed by atoms with E-state index in [1.165, 1.54) is 10.8 Å². The lowest BCUT2D eigenvalue weighted by Crippen LogP contribution is -2.47. The highest BCUT2D eigenvalue weighted by Gasteiger charge is 2.19. The van der Waals surface area contributed by atoms with Crippen LogP contribution in [0.2, 0.25) is 0 Å². The summed E-state index contributed by atoms with van der Waals surface area (Å²) >= 11 is 3.51. The molecule has 2 heterocycles. The zero-order chi connectivity index (χ0) is 13.9. The molecule has 1 fully saturated rings. The van der Waals surface area contributed by atoms with Crippen molar-refractivity contribution in [2.75, 3.05) is 43.0 Å². The summed E-state index contributed by atoms with van der Waals surface area (Å²) < 4.78 is 0. The third-order valence-corrected chi connectivity index (χ3v) is 4.28. The van der Waals surface area contributed by atoms with Gasteiger partial charge in [-0.15, -0.1) is 5.10 Å². The molecule has 0 amide bonds. The summed E-state index contributed by atoms with van der Waals surface area (Å²) in [5, 5.41) is 12.2. The van der Waals surface area contributed by atoms with Crippen molar-refractivity contribution >= 4 is 32.5 Å². The van der Waals surface area contributed by atoms with Gasteiger partial charge in [-0.05, 0) is 6.92 Å². The quantitative estimate of drug-likeness (QED) is 0.807. The van der Waals surface area contributed by atoms with E-state index in [2.05, 4.69) is 60.2 Å². The number of anilines is 1. The number of halogens is 1. The number of piperazine rings is 1. The van der Waals surface area contributed by atoms with E-state index < -0.39 is 0 Å². The van der Waals surface area contributed by atoms with Crippen molar-refractivity contribution in [2.45, 2.75) is 6.92 Å². The van der Waals surface area contributed by atoms with Crippen molar-refractivity contribution < 1.29 is 0 Å². The first-order valence-corrected chi connectivity index (χ1v) is 8.17. The zero-order valence-corrected chi connectivity index (χ0v) is 13.3. The molecule has 0 N–H and O–H groups in total. The van der Waals surface area contributed by atoms with E-state index in [1.54, 1.807) is 0 Å². The number of aromatic nitrogens is 2. The van der Waals surface area contributed by atoms with Gasteiger partial charge in [-0.1, -0.05) is 40.2 Å². The summed E-state index contributed by atoms with van der Waals surface area (Å²) in [6.07, 6.45) is 0. The molecule has 0 radical (unpaired) electrons. The van der Waals surface area contributed by atoms with Crippen LogP contribution in [0.5, 0.6) is 0 Å². The van der Waals surface area contributed by atoms with E-state index in [1.807, 2.05) is 6.92 Å². The molecule has 1 aromatic carbocycles. The minimum atomic E-state index is 1.00. The molecule has 4 nitrogen and oxygen atoms in total. The number of benzene rings is 1. The Morgan fingerprint density at radius 3 is 2.45 bits per heavy atom. The van der Waals surface area contributed by atoms with Gasteiger partial charge < -0.3 is 4.90 Å². The van der Waals surface area contributed by atoms with E-state index in [-0.39, 0.29) is 0 Å². The maximum Gasteiger partial charge on any atom is 0.159 e. The number of nitrogens with zero attached hydrogens (tertiary/aromatic N) is 4. The second kappa shape index (κ2) is 6.06. The predicted octanol–water partition coefficient (Wildman–Crippen LogP) is 2.46. The number of alkyl halides is 1. The van der Waals surface area contributed by atoms with Gasteiger partial charge in [0.25, 0.3) is 0 Å². The second-order valence-electron chi connectivity index (χ2n) is 5.17. The average molecular weight is 335 g/mol. The molecule has 0 unspecified atom stereocenters. The van der Waals surface area contributed by atoms with Crippen LogP contribution in [-0.2, 0) is 0 Å². The fraction of sp³-hybridized carbons (Fsp3) is 0.467. The molecule has 20 heavy (non-hydrogen) atoms. The molecule has 0 spiro atoms. The molecular weight excluding hydrogens is 316 g/mol. The van der Waals surface area contributed by atoms with Gasteiger partial charge in [0.2, 0.25) is 0 Å². The molecule has 106 valence electrons. The maximum absolute atomic E-state index is 4.45. The second-order valence-corrected chi connectivity index (χ2v) is 5.97. The highest BCUT2D eigenvalue weighted by molar-refractivity contribution is 9.09. The molecule has 1 aliphatic rings. The van der Waals surface area contributed by atoms with Crippen LogP contribution >= 0.6 is 15.9 Å². The summed E-state index contributed by atoms with van der Waals surface area (Å²) in [4.78, 5) is 4.84. The summed E-state index contributed by atoms with van der Waals surface area (Å²) in [6, 6.07) is 8.42. The topological polar surface area (TPSA) is 32.3 Å². The Morgan fingerprint density at radius 2 is 1.75 bits per heavy atom. The molecule has 0 aliphatic carbocycles. The van der Waals surface area contributed by atoms with Crippen molar-refractivity contribution in [2.24, 2.45) is 0 Å². The Hall–Kier alpha value is -1.20. The molecule has 3 rings (SSSR count). The summed E-state index contributed by atoms with van der Waals surface area (Å²) in [5.74, 6) is 1.03. The summed E-state index contributed by atoms with van der Waals surface area (Å²) in [5.41, 5.74) is 1.00. The van der Waals surface area contributed by atoms with Crippen LogP contribution in [-0.4, -0.2) is 53.2 Å². The lowest BCUT2D eigenvalue weighted by molar-refractivity contribution is 0.273. The fourth-order valence-corrected chi connectivity index (χ4v) is 3.26. The van der Waals surface area contributed by atoms with Crippen molar-refractivity contribution in [1.29, 1.82) is 0 Å². The van der Waals surface area contributed by atoms with E-state index in [9.17, 15) is 0 Å². The van der Waals surface area contributed by atoms with Crippen LogP contribution in [0.15, 0.2) is 24.3 Å². The van der Waals surface area contributed by atoms with Gasteiger partial charge >= 0.3 is 0 Å². The minimum absolute atomic E-state index is 1.00. The van der Waals surface area contributed by atoms with Crippen molar-refractivity contribution in [3.63, 3.8) is 0 Å². The van der Waals surface area contributed by atoms with Crippen LogP contribution in [0.3, 0.4) is 0 Å². The normalized spacial score (nSPS) is 16.8. The fourth-order valence-electron chi connectivity index (χ4n) is 2.76. The third-order valence-electron chi connectivity index (χ3n) is 3.93. The Labute approximate surface area is 127 Å². The SMILES string of the molecule is Cc1nnc(N2CCN(CCBr)CC2)c2ccccc12. The first-order valence-electron chi connectivity index (χ1n) is 7.05. The summed E-state index contributed by atoms with van der Waals surface area (Å²) in [6.45, 7) is 7.37. The molecule has 1 aliphatic heterocycles. The van der Waals surface area contributed by atoms with Gasteiger partial charge in [0.1, 0.15) is 0 Å². The highest BCUT2D eigenvalue weighted by atomic mass is 79.9. The molecule has 0 atom stereocenters. The minimum Gasteiger partial charge on any atom is -0.352 e. The number of hydrogen-bond acceptors (Lipinski definition) is 4. The molecule has 1 saturated heterocycles. The van der Waals surface area contributed by atoms with Crippen LogP contribution in [0, 0.1) is 6.92 Å².